The fraction of sp³-hybridized carbons (Fsp3) is 0.833. The quantitative estimate of drug-likeness (QED) is 0.727. The number of carbonyl (C=O) groups is 1. The molecule has 0 aromatic carbocycles. The van der Waals surface area contributed by atoms with Crippen molar-refractivity contribution in [3.8, 4) is 0 Å². The first kappa shape index (κ1) is 12.2. The molecule has 0 amide bonds. The van der Waals surface area contributed by atoms with E-state index in [-0.39, 0.29) is 5.92 Å². The summed E-state index contributed by atoms with van der Waals surface area (Å²) in [7, 11) is 0. The van der Waals surface area contributed by atoms with Crippen LogP contribution in [0.15, 0.2) is 4.99 Å². The van der Waals surface area contributed by atoms with Gasteiger partial charge in [-0.05, 0) is 26.2 Å². The normalized spacial score (nSPS) is 21.3. The van der Waals surface area contributed by atoms with Crippen molar-refractivity contribution in [2.75, 3.05) is 0 Å². The van der Waals surface area contributed by atoms with Crippen molar-refractivity contribution >= 4 is 11.7 Å². The third kappa shape index (κ3) is 3.65. The molecule has 86 valence electrons. The SMILES string of the molecule is CCC(C(=O)O)C(C)=NC1CCCCC1. The van der Waals surface area contributed by atoms with Crippen molar-refractivity contribution in [2.45, 2.75) is 58.4 Å². The Kier molecular flexibility index (Phi) is 4.79. The summed E-state index contributed by atoms with van der Waals surface area (Å²) in [4.78, 5) is 15.5. The topological polar surface area (TPSA) is 49.7 Å². The van der Waals surface area contributed by atoms with E-state index in [1.807, 2.05) is 13.8 Å². The summed E-state index contributed by atoms with van der Waals surface area (Å²) in [6.45, 7) is 3.76. The largest absolute Gasteiger partial charge is 0.481 e. The van der Waals surface area contributed by atoms with Crippen molar-refractivity contribution < 1.29 is 9.90 Å². The lowest BCUT2D eigenvalue weighted by atomic mass is 9.95. The van der Waals surface area contributed by atoms with Gasteiger partial charge in [-0.2, -0.15) is 0 Å². The Morgan fingerprint density at radius 3 is 2.47 bits per heavy atom. The lowest BCUT2D eigenvalue weighted by Gasteiger charge is -2.20. The standard InChI is InChI=1S/C12H21NO2/c1-3-11(12(14)15)9(2)13-10-7-5-4-6-8-10/h10-11H,3-8H2,1-2H3,(H,14,15). The van der Waals surface area contributed by atoms with Crippen molar-refractivity contribution in [1.29, 1.82) is 0 Å². The van der Waals surface area contributed by atoms with Crippen LogP contribution in [-0.2, 0) is 4.79 Å². The summed E-state index contributed by atoms with van der Waals surface area (Å²) in [6.07, 6.45) is 6.69. The lowest BCUT2D eigenvalue weighted by molar-refractivity contribution is -0.139. The number of hydrogen-bond acceptors (Lipinski definition) is 2. The molecule has 0 aromatic rings. The first-order chi connectivity index (χ1) is 7.15. The Hall–Kier alpha value is -0.860. The molecule has 0 saturated heterocycles. The fourth-order valence-electron chi connectivity index (χ4n) is 2.24. The summed E-state index contributed by atoms with van der Waals surface area (Å²) in [5.41, 5.74) is 0.803. The number of rotatable bonds is 4. The number of aliphatic imine (C=N–C) groups is 1. The van der Waals surface area contributed by atoms with Crippen LogP contribution in [0.25, 0.3) is 0 Å². The molecule has 3 heteroatoms. The minimum absolute atomic E-state index is 0.382. The van der Waals surface area contributed by atoms with Crippen LogP contribution in [0.3, 0.4) is 0 Å². The first-order valence-corrected chi connectivity index (χ1v) is 5.92. The monoisotopic (exact) mass is 211 g/mol. The fourth-order valence-corrected chi connectivity index (χ4v) is 2.24. The summed E-state index contributed by atoms with van der Waals surface area (Å²) in [6, 6.07) is 0.382. The Bertz CT molecular complexity index is 242. The van der Waals surface area contributed by atoms with Crippen LogP contribution in [-0.4, -0.2) is 22.8 Å². The molecule has 1 atom stereocenters. The summed E-state index contributed by atoms with van der Waals surface area (Å²) < 4.78 is 0. The molecule has 0 spiro atoms. The van der Waals surface area contributed by atoms with Crippen molar-refractivity contribution in [3.05, 3.63) is 0 Å². The zero-order valence-corrected chi connectivity index (χ0v) is 9.70. The molecule has 1 unspecified atom stereocenters. The van der Waals surface area contributed by atoms with Gasteiger partial charge in [0.1, 0.15) is 0 Å². The highest BCUT2D eigenvalue weighted by molar-refractivity contribution is 6.00. The second-order valence-electron chi connectivity index (χ2n) is 4.36. The zero-order chi connectivity index (χ0) is 11.3. The van der Waals surface area contributed by atoms with E-state index in [1.165, 1.54) is 19.3 Å². The van der Waals surface area contributed by atoms with Crippen LogP contribution >= 0.6 is 0 Å². The van der Waals surface area contributed by atoms with Gasteiger partial charge in [-0.1, -0.05) is 26.2 Å². The van der Waals surface area contributed by atoms with E-state index >= 15 is 0 Å². The van der Waals surface area contributed by atoms with E-state index < -0.39 is 5.97 Å². The summed E-state index contributed by atoms with van der Waals surface area (Å²) >= 11 is 0. The van der Waals surface area contributed by atoms with Gasteiger partial charge >= 0.3 is 5.97 Å². The molecule has 1 aliphatic carbocycles. The average Bonchev–Trinajstić information content (AvgIpc) is 2.19. The van der Waals surface area contributed by atoms with Crippen LogP contribution < -0.4 is 0 Å². The van der Waals surface area contributed by atoms with Crippen LogP contribution in [0.5, 0.6) is 0 Å². The number of hydrogen-bond donors (Lipinski definition) is 1. The highest BCUT2D eigenvalue weighted by Gasteiger charge is 2.20. The van der Waals surface area contributed by atoms with Gasteiger partial charge in [0.15, 0.2) is 0 Å². The molecule has 3 nitrogen and oxygen atoms in total. The minimum atomic E-state index is -0.741. The van der Waals surface area contributed by atoms with Crippen LogP contribution in [0.4, 0.5) is 0 Å². The highest BCUT2D eigenvalue weighted by Crippen LogP contribution is 2.21. The predicted molar refractivity (Wildman–Crippen MR) is 61.4 cm³/mol. The van der Waals surface area contributed by atoms with Crippen LogP contribution in [0.1, 0.15) is 52.4 Å². The van der Waals surface area contributed by atoms with Gasteiger partial charge in [-0.25, -0.2) is 0 Å². The van der Waals surface area contributed by atoms with Crippen molar-refractivity contribution in [3.63, 3.8) is 0 Å². The molecule has 1 aliphatic rings. The molecule has 1 saturated carbocycles. The second-order valence-corrected chi connectivity index (χ2v) is 4.36. The number of carboxylic acid groups (broad SMARTS) is 1. The Morgan fingerprint density at radius 1 is 1.40 bits per heavy atom. The van der Waals surface area contributed by atoms with Crippen LogP contribution in [0, 0.1) is 5.92 Å². The van der Waals surface area contributed by atoms with E-state index in [1.54, 1.807) is 0 Å². The first-order valence-electron chi connectivity index (χ1n) is 5.92. The second kappa shape index (κ2) is 5.89. The van der Waals surface area contributed by atoms with Gasteiger partial charge in [-0.3, -0.25) is 9.79 Å². The molecule has 1 fully saturated rings. The Balaban J connectivity index is 2.59. The minimum Gasteiger partial charge on any atom is -0.481 e. The van der Waals surface area contributed by atoms with Crippen LogP contribution in [0.2, 0.25) is 0 Å². The van der Waals surface area contributed by atoms with E-state index in [0.29, 0.717) is 12.5 Å². The molecular weight excluding hydrogens is 190 g/mol. The zero-order valence-electron chi connectivity index (χ0n) is 9.70. The highest BCUT2D eigenvalue weighted by atomic mass is 16.4. The average molecular weight is 211 g/mol. The van der Waals surface area contributed by atoms with Gasteiger partial charge in [-0.15, -0.1) is 0 Å². The van der Waals surface area contributed by atoms with Gasteiger partial charge in [0.05, 0.1) is 5.92 Å². The lowest BCUT2D eigenvalue weighted by Crippen LogP contribution is -2.23. The molecule has 0 aliphatic heterocycles. The third-order valence-corrected chi connectivity index (χ3v) is 3.17. The summed E-state index contributed by atoms with van der Waals surface area (Å²) in [5, 5.41) is 8.99. The van der Waals surface area contributed by atoms with Gasteiger partial charge < -0.3 is 5.11 Å². The maximum absolute atomic E-state index is 10.9. The summed E-state index contributed by atoms with van der Waals surface area (Å²) in [5.74, 6) is -1.12. The molecule has 1 N–H and O–H groups in total. The molecule has 0 bridgehead atoms. The number of nitrogens with zero attached hydrogens (tertiary/aromatic N) is 1. The van der Waals surface area contributed by atoms with E-state index in [4.69, 9.17) is 5.11 Å². The molecule has 1 rings (SSSR count). The van der Waals surface area contributed by atoms with E-state index in [9.17, 15) is 4.79 Å². The van der Waals surface area contributed by atoms with Crippen molar-refractivity contribution in [1.82, 2.24) is 0 Å². The predicted octanol–water partition coefficient (Wildman–Crippen LogP) is 2.89. The molecule has 0 radical (unpaired) electrons. The third-order valence-electron chi connectivity index (χ3n) is 3.17. The van der Waals surface area contributed by atoms with Gasteiger partial charge in [0.2, 0.25) is 0 Å². The van der Waals surface area contributed by atoms with Gasteiger partial charge in [0, 0.05) is 11.8 Å². The molecule has 0 aromatic heterocycles. The molecular formula is C12H21NO2. The number of aliphatic carboxylic acids is 1. The Morgan fingerprint density at radius 2 is 2.00 bits per heavy atom. The van der Waals surface area contributed by atoms with E-state index in [2.05, 4.69) is 4.99 Å². The maximum Gasteiger partial charge on any atom is 0.312 e. The number of carboxylic acids is 1. The smallest absolute Gasteiger partial charge is 0.312 e. The molecule has 15 heavy (non-hydrogen) atoms. The van der Waals surface area contributed by atoms with Crippen molar-refractivity contribution in [2.24, 2.45) is 10.9 Å². The Labute approximate surface area is 91.6 Å². The van der Waals surface area contributed by atoms with Gasteiger partial charge in [0.25, 0.3) is 0 Å². The van der Waals surface area contributed by atoms with E-state index in [0.717, 1.165) is 18.6 Å². The molecule has 0 heterocycles. The maximum atomic E-state index is 10.9.